The van der Waals surface area contributed by atoms with Crippen LogP contribution in [-0.2, 0) is 9.63 Å². The molecule has 5 aliphatic rings. The van der Waals surface area contributed by atoms with E-state index in [9.17, 15) is 9.59 Å². The lowest BCUT2D eigenvalue weighted by atomic mass is 9.46. The zero-order valence-corrected chi connectivity index (χ0v) is 22.5. The smallest absolute Gasteiger partial charge is 0.308 e. The van der Waals surface area contributed by atoms with E-state index in [1.165, 1.54) is 37.7 Å². The van der Waals surface area contributed by atoms with E-state index < -0.39 is 0 Å². The van der Waals surface area contributed by atoms with Crippen LogP contribution in [0.15, 0.2) is 16.8 Å². The summed E-state index contributed by atoms with van der Waals surface area (Å²) in [5.41, 5.74) is 2.86. The summed E-state index contributed by atoms with van der Waals surface area (Å²) in [6.07, 6.45) is 12.9. The Morgan fingerprint density at radius 2 is 1.94 bits per heavy atom. The van der Waals surface area contributed by atoms with Gasteiger partial charge in [-0.25, -0.2) is 4.79 Å². The first-order valence-corrected chi connectivity index (χ1v) is 14.0. The summed E-state index contributed by atoms with van der Waals surface area (Å²) < 4.78 is 0. The number of oxime groups is 1. The van der Waals surface area contributed by atoms with Crippen molar-refractivity contribution in [2.75, 3.05) is 27.2 Å². The van der Waals surface area contributed by atoms with Crippen LogP contribution in [0.1, 0.15) is 85.0 Å². The van der Waals surface area contributed by atoms with Crippen LogP contribution in [0.25, 0.3) is 0 Å². The Kier molecular flexibility index (Phi) is 6.65. The molecule has 7 atom stereocenters. The second-order valence-electron chi connectivity index (χ2n) is 12.9. The third kappa shape index (κ3) is 4.28. The van der Waals surface area contributed by atoms with Crippen molar-refractivity contribution in [1.82, 2.24) is 9.80 Å². The molecule has 3 saturated carbocycles. The summed E-state index contributed by atoms with van der Waals surface area (Å²) in [5, 5.41) is 4.41. The molecule has 1 saturated heterocycles. The molecule has 6 heteroatoms. The molecule has 1 heterocycles. The van der Waals surface area contributed by atoms with Crippen molar-refractivity contribution in [3.8, 4) is 0 Å². The maximum Gasteiger partial charge on any atom is 0.435 e. The van der Waals surface area contributed by atoms with Crippen molar-refractivity contribution in [3.63, 3.8) is 0 Å². The second kappa shape index (κ2) is 9.32. The topological polar surface area (TPSA) is 62.2 Å². The summed E-state index contributed by atoms with van der Waals surface area (Å²) >= 11 is 0. The Balaban J connectivity index is 1.24. The first-order valence-electron chi connectivity index (χ1n) is 14.0. The van der Waals surface area contributed by atoms with E-state index in [1.807, 2.05) is 13.1 Å². The molecular formula is C29H45N3O3. The van der Waals surface area contributed by atoms with E-state index >= 15 is 0 Å². The minimum absolute atomic E-state index is 0.215. The maximum absolute atomic E-state index is 12.6. The third-order valence-electron chi connectivity index (χ3n) is 11.2. The predicted molar refractivity (Wildman–Crippen MR) is 138 cm³/mol. The lowest BCUT2D eigenvalue weighted by molar-refractivity contribution is -0.117. The van der Waals surface area contributed by atoms with Gasteiger partial charge in [0.25, 0.3) is 0 Å². The first kappa shape index (κ1) is 25.0. The second-order valence-corrected chi connectivity index (χ2v) is 12.9. The molecule has 6 nitrogen and oxygen atoms in total. The molecule has 0 aromatic heterocycles. The fourth-order valence-electron chi connectivity index (χ4n) is 9.09. The molecule has 0 aromatic rings. The summed E-state index contributed by atoms with van der Waals surface area (Å²) in [5.74, 6) is 2.84. The summed E-state index contributed by atoms with van der Waals surface area (Å²) in [7, 11) is 3.95. The van der Waals surface area contributed by atoms with Crippen molar-refractivity contribution in [2.45, 2.75) is 91.0 Å². The molecule has 0 N–H and O–H groups in total. The van der Waals surface area contributed by atoms with Crippen molar-refractivity contribution in [3.05, 3.63) is 11.6 Å². The number of carbonyl (C=O) groups is 2. The van der Waals surface area contributed by atoms with Crippen LogP contribution >= 0.6 is 0 Å². The molecule has 4 aliphatic carbocycles. The molecule has 0 unspecified atom stereocenters. The van der Waals surface area contributed by atoms with Gasteiger partial charge in [-0.3, -0.25) is 9.63 Å². The zero-order valence-electron chi connectivity index (χ0n) is 22.5. The van der Waals surface area contributed by atoms with E-state index in [-0.39, 0.29) is 16.9 Å². The standard InChI is InChI=1S/C29H45N3O3/c1-19(30-35-27(34)32(5)18-21-7-6-16-31(21)4)24-10-11-25-23-9-8-20-17-22(33)12-14-28(20,2)26(23)13-15-29(24,25)3/h17,21,23-26H,6-16,18H2,1-5H3/b30-19+/t21-,23-,24+,25-,26-,28-,29+/m0/s1. The average Bonchev–Trinajstić information content (AvgIpc) is 3.39. The number of hydrogen-bond acceptors (Lipinski definition) is 5. The monoisotopic (exact) mass is 483 g/mol. The van der Waals surface area contributed by atoms with Gasteiger partial charge < -0.3 is 9.80 Å². The van der Waals surface area contributed by atoms with E-state index in [4.69, 9.17) is 4.84 Å². The largest absolute Gasteiger partial charge is 0.435 e. The number of amides is 1. The van der Waals surface area contributed by atoms with Crippen LogP contribution in [0.5, 0.6) is 0 Å². The van der Waals surface area contributed by atoms with Gasteiger partial charge in [0, 0.05) is 32.0 Å². The highest BCUT2D eigenvalue weighted by Crippen LogP contribution is 2.66. The molecule has 1 amide bonds. The molecule has 0 bridgehead atoms. The van der Waals surface area contributed by atoms with Gasteiger partial charge in [-0.15, -0.1) is 0 Å². The molecule has 5 rings (SSSR count). The van der Waals surface area contributed by atoms with Gasteiger partial charge in [0.05, 0.1) is 5.71 Å². The minimum atomic E-state index is -0.348. The third-order valence-corrected chi connectivity index (χ3v) is 11.2. The molecule has 0 aromatic carbocycles. The van der Waals surface area contributed by atoms with Crippen molar-refractivity contribution >= 4 is 17.6 Å². The van der Waals surface area contributed by atoms with Crippen molar-refractivity contribution < 1.29 is 14.4 Å². The zero-order chi connectivity index (χ0) is 25.0. The Hall–Kier alpha value is -1.69. The Morgan fingerprint density at radius 1 is 1.14 bits per heavy atom. The number of hydrogen-bond donors (Lipinski definition) is 0. The highest BCUT2D eigenvalue weighted by molar-refractivity contribution is 5.91. The maximum atomic E-state index is 12.6. The lowest BCUT2D eigenvalue weighted by Crippen LogP contribution is -2.51. The van der Waals surface area contributed by atoms with Gasteiger partial charge in [-0.05, 0) is 113 Å². The Morgan fingerprint density at radius 3 is 2.69 bits per heavy atom. The average molecular weight is 484 g/mol. The number of nitrogens with zero attached hydrogens (tertiary/aromatic N) is 3. The van der Waals surface area contributed by atoms with E-state index in [0.717, 1.165) is 50.3 Å². The fraction of sp³-hybridized carbons (Fsp3) is 0.828. The van der Waals surface area contributed by atoms with Crippen LogP contribution in [0.2, 0.25) is 0 Å². The first-order chi connectivity index (χ1) is 16.6. The normalized spacial score (nSPS) is 41.6. The van der Waals surface area contributed by atoms with Crippen molar-refractivity contribution in [1.29, 1.82) is 0 Å². The summed E-state index contributed by atoms with van der Waals surface area (Å²) in [6, 6.07) is 0.414. The van der Waals surface area contributed by atoms with Gasteiger partial charge in [0.1, 0.15) is 0 Å². The van der Waals surface area contributed by atoms with E-state index in [1.54, 1.807) is 4.90 Å². The van der Waals surface area contributed by atoms with Gasteiger partial charge in [0.2, 0.25) is 0 Å². The molecule has 0 radical (unpaired) electrons. The quantitative estimate of drug-likeness (QED) is 0.293. The molecular weight excluding hydrogens is 438 g/mol. The van der Waals surface area contributed by atoms with Crippen LogP contribution in [0, 0.1) is 34.5 Å². The number of ketones is 1. The highest BCUT2D eigenvalue weighted by Gasteiger charge is 2.59. The van der Waals surface area contributed by atoms with Crippen LogP contribution in [-0.4, -0.2) is 60.6 Å². The van der Waals surface area contributed by atoms with Gasteiger partial charge in [0.15, 0.2) is 5.78 Å². The molecule has 35 heavy (non-hydrogen) atoms. The number of likely N-dealkylation sites (N-methyl/N-ethyl adjacent to an activating group) is 2. The SMILES string of the molecule is C/C(=N\OC(=O)N(C)C[C@@H]1CCCN1C)[C@H]1CC[C@H]2[C@@H]3CCC4=CC(=O)CC[C@]4(C)[C@H]3CC[C@]12C. The van der Waals surface area contributed by atoms with Crippen LogP contribution in [0.3, 0.4) is 0 Å². The summed E-state index contributed by atoms with van der Waals surface area (Å²) in [4.78, 5) is 34.2. The minimum Gasteiger partial charge on any atom is -0.308 e. The molecule has 194 valence electrons. The Labute approximate surface area is 211 Å². The highest BCUT2D eigenvalue weighted by atomic mass is 16.7. The molecule has 4 fully saturated rings. The van der Waals surface area contributed by atoms with Crippen LogP contribution in [0.4, 0.5) is 4.79 Å². The number of likely N-dealkylation sites (tertiary alicyclic amines) is 1. The predicted octanol–water partition coefficient (Wildman–Crippen LogP) is 5.67. The van der Waals surface area contributed by atoms with Crippen molar-refractivity contribution in [2.24, 2.45) is 39.7 Å². The number of allylic oxidation sites excluding steroid dienone is 1. The summed E-state index contributed by atoms with van der Waals surface area (Å²) in [6.45, 7) is 8.79. The van der Waals surface area contributed by atoms with Gasteiger partial charge >= 0.3 is 6.09 Å². The molecule has 0 spiro atoms. The number of fused-ring (bicyclic) bond motifs is 5. The number of carbonyl (C=O) groups excluding carboxylic acids is 2. The van der Waals surface area contributed by atoms with Crippen LogP contribution < -0.4 is 0 Å². The lowest BCUT2D eigenvalue weighted by Gasteiger charge is -2.58. The molecule has 1 aliphatic heterocycles. The van der Waals surface area contributed by atoms with Gasteiger partial charge in [-0.2, -0.15) is 0 Å². The van der Waals surface area contributed by atoms with E-state index in [0.29, 0.717) is 36.1 Å². The van der Waals surface area contributed by atoms with Gasteiger partial charge in [-0.1, -0.05) is 24.6 Å². The number of rotatable bonds is 4. The van der Waals surface area contributed by atoms with E-state index in [2.05, 4.69) is 37.9 Å². The Bertz CT molecular complexity index is 928. The fourth-order valence-corrected chi connectivity index (χ4v) is 9.09.